The van der Waals surface area contributed by atoms with Crippen LogP contribution in [0.15, 0.2) is 62.8 Å². The quantitative estimate of drug-likeness (QED) is 0.472. The van der Waals surface area contributed by atoms with Crippen molar-refractivity contribution in [3.63, 3.8) is 0 Å². The average Bonchev–Trinajstić information content (AvgIpc) is 3.02. The minimum atomic E-state index is -2.74. The van der Waals surface area contributed by atoms with E-state index in [9.17, 15) is 9.00 Å². The van der Waals surface area contributed by atoms with Gasteiger partial charge < -0.3 is 0 Å². The van der Waals surface area contributed by atoms with Gasteiger partial charge >= 0.3 is 0 Å². The zero-order chi connectivity index (χ0) is 16.2. The Labute approximate surface area is 137 Å². The Hall–Kier alpha value is -1.94. The van der Waals surface area contributed by atoms with Crippen molar-refractivity contribution in [2.75, 3.05) is 6.26 Å². The van der Waals surface area contributed by atoms with E-state index in [-0.39, 0.29) is 5.57 Å². The Balaban J connectivity index is 2.38. The molecule has 1 aromatic carbocycles. The Bertz CT molecular complexity index is 869. The number of carbonyl (C=O) groups excluding carboxylic acids is 1. The molecule has 112 valence electrons. The summed E-state index contributed by atoms with van der Waals surface area (Å²) >= 11 is 7.03. The monoisotopic (exact) mass is 350 g/mol. The molecule has 1 unspecified atom stereocenters. The van der Waals surface area contributed by atoms with E-state index < -0.39 is 15.5 Å². The third-order valence-electron chi connectivity index (χ3n) is 2.74. The van der Waals surface area contributed by atoms with Crippen molar-refractivity contribution in [1.29, 1.82) is 5.26 Å². The van der Waals surface area contributed by atoms with Crippen LogP contribution in [0.1, 0.15) is 9.67 Å². The summed E-state index contributed by atoms with van der Waals surface area (Å²) in [4.78, 5) is 13.0. The van der Waals surface area contributed by atoms with Crippen LogP contribution in [0.5, 0.6) is 0 Å². The lowest BCUT2D eigenvalue weighted by molar-refractivity contribution is 0.104. The Morgan fingerprint density at radius 1 is 1.36 bits per heavy atom. The third kappa shape index (κ3) is 3.83. The van der Waals surface area contributed by atoms with Crippen molar-refractivity contribution in [2.24, 2.45) is 4.36 Å². The molecule has 4 nitrogen and oxygen atoms in total. The number of thiophene rings is 1. The van der Waals surface area contributed by atoms with E-state index in [1.54, 1.807) is 47.8 Å². The number of rotatable bonds is 4. The van der Waals surface area contributed by atoms with Gasteiger partial charge in [-0.2, -0.15) is 5.26 Å². The minimum absolute atomic E-state index is 0.147. The summed E-state index contributed by atoms with van der Waals surface area (Å²) < 4.78 is 16.5. The Morgan fingerprint density at radius 3 is 2.59 bits per heavy atom. The lowest BCUT2D eigenvalue weighted by atomic mass is 10.2. The highest BCUT2D eigenvalue weighted by atomic mass is 35.5. The number of allylic oxidation sites excluding steroid dienone is 1. The number of benzene rings is 1. The summed E-state index contributed by atoms with van der Waals surface area (Å²) in [6.07, 6.45) is 2.52. The molecule has 1 aromatic heterocycles. The van der Waals surface area contributed by atoms with E-state index in [2.05, 4.69) is 4.36 Å². The minimum Gasteiger partial charge on any atom is -0.287 e. The van der Waals surface area contributed by atoms with Gasteiger partial charge in [0.15, 0.2) is 0 Å². The van der Waals surface area contributed by atoms with Crippen LogP contribution in [0.25, 0.3) is 0 Å². The molecule has 0 aliphatic carbocycles. The second-order valence-corrected chi connectivity index (χ2v) is 7.99. The first kappa shape index (κ1) is 16.4. The summed E-state index contributed by atoms with van der Waals surface area (Å²) in [6, 6.07) is 11.6. The molecular weight excluding hydrogens is 340 g/mol. The van der Waals surface area contributed by atoms with Crippen molar-refractivity contribution < 1.29 is 9.00 Å². The van der Waals surface area contributed by atoms with E-state index in [0.717, 1.165) is 6.20 Å². The van der Waals surface area contributed by atoms with Gasteiger partial charge in [0.2, 0.25) is 5.78 Å². The first-order chi connectivity index (χ1) is 10.4. The van der Waals surface area contributed by atoms with Crippen LogP contribution in [0, 0.1) is 11.3 Å². The van der Waals surface area contributed by atoms with Crippen LogP contribution in [0.2, 0.25) is 5.02 Å². The first-order valence-corrected chi connectivity index (χ1v) is 9.27. The SMILES string of the molecule is CS(=O)(=N/C=C(\C#N)C(=O)c1cccs1)c1ccc(Cl)cc1. The fourth-order valence-corrected chi connectivity index (χ4v) is 3.45. The predicted octanol–water partition coefficient (Wildman–Crippen LogP) is 4.15. The molecule has 2 rings (SSSR count). The molecule has 2 aromatic rings. The van der Waals surface area contributed by atoms with E-state index in [1.807, 2.05) is 0 Å². The van der Waals surface area contributed by atoms with Gasteiger partial charge in [0.05, 0.1) is 20.8 Å². The number of halogens is 1. The van der Waals surface area contributed by atoms with Gasteiger partial charge in [0.1, 0.15) is 11.6 Å². The molecule has 1 heterocycles. The molecule has 0 aliphatic heterocycles. The van der Waals surface area contributed by atoms with Crippen molar-refractivity contribution in [3.8, 4) is 6.07 Å². The van der Waals surface area contributed by atoms with Gasteiger partial charge in [-0.15, -0.1) is 11.3 Å². The third-order valence-corrected chi connectivity index (χ3v) is 5.52. The lowest BCUT2D eigenvalue weighted by Gasteiger charge is -2.03. The summed E-state index contributed by atoms with van der Waals surface area (Å²) in [5, 5.41) is 11.4. The van der Waals surface area contributed by atoms with Gasteiger partial charge in [-0.3, -0.25) is 4.79 Å². The normalized spacial score (nSPS) is 14.0. The molecule has 0 N–H and O–H groups in total. The number of hydrogen-bond donors (Lipinski definition) is 0. The van der Waals surface area contributed by atoms with E-state index in [4.69, 9.17) is 16.9 Å². The molecule has 7 heteroatoms. The largest absolute Gasteiger partial charge is 0.287 e. The molecule has 0 aliphatic rings. The number of hydrogen-bond acceptors (Lipinski definition) is 5. The maximum Gasteiger partial charge on any atom is 0.215 e. The lowest BCUT2D eigenvalue weighted by Crippen LogP contribution is -2.00. The van der Waals surface area contributed by atoms with Gasteiger partial charge in [0, 0.05) is 16.2 Å². The second-order valence-electron chi connectivity index (χ2n) is 4.32. The maximum atomic E-state index is 12.6. The molecular formula is C15H11ClN2O2S2. The molecule has 0 spiro atoms. The summed E-state index contributed by atoms with van der Waals surface area (Å²) in [6.45, 7) is 0. The van der Waals surface area contributed by atoms with Gasteiger partial charge in [0.25, 0.3) is 0 Å². The zero-order valence-corrected chi connectivity index (χ0v) is 13.9. The number of carbonyl (C=O) groups is 1. The van der Waals surface area contributed by atoms with Crippen molar-refractivity contribution in [2.45, 2.75) is 4.90 Å². The zero-order valence-electron chi connectivity index (χ0n) is 11.5. The number of ketones is 1. The van der Waals surface area contributed by atoms with Gasteiger partial charge in [-0.05, 0) is 35.7 Å². The highest BCUT2D eigenvalue weighted by Crippen LogP contribution is 2.18. The number of Topliss-reactive ketones (excluding diaryl/α,β-unsaturated/α-hetero) is 1. The number of nitriles is 1. The summed E-state index contributed by atoms with van der Waals surface area (Å²) in [7, 11) is -2.74. The molecule has 0 bridgehead atoms. The van der Waals surface area contributed by atoms with Crippen molar-refractivity contribution >= 4 is 38.4 Å². The van der Waals surface area contributed by atoms with E-state index >= 15 is 0 Å². The standard InChI is InChI=1S/C15H11ClN2O2S2/c1-22(20,13-6-4-12(16)5-7-13)18-10-11(9-17)15(19)14-3-2-8-21-14/h2-8,10H,1H3/b11-10+. The van der Waals surface area contributed by atoms with Crippen LogP contribution in [0.4, 0.5) is 0 Å². The molecule has 0 saturated heterocycles. The predicted molar refractivity (Wildman–Crippen MR) is 88.6 cm³/mol. The fraction of sp³-hybridized carbons (Fsp3) is 0.0667. The highest BCUT2D eigenvalue weighted by molar-refractivity contribution is 7.93. The molecule has 0 fully saturated rings. The maximum absolute atomic E-state index is 12.6. The molecule has 22 heavy (non-hydrogen) atoms. The molecule has 1 atom stereocenters. The Kier molecular flexibility index (Phi) is 5.14. The van der Waals surface area contributed by atoms with Crippen LogP contribution < -0.4 is 0 Å². The van der Waals surface area contributed by atoms with Crippen LogP contribution in [-0.2, 0) is 9.73 Å². The van der Waals surface area contributed by atoms with E-state index in [1.165, 1.54) is 17.6 Å². The molecule has 0 radical (unpaired) electrons. The van der Waals surface area contributed by atoms with Crippen molar-refractivity contribution in [1.82, 2.24) is 0 Å². The van der Waals surface area contributed by atoms with Crippen LogP contribution >= 0.6 is 22.9 Å². The molecule has 0 amide bonds. The van der Waals surface area contributed by atoms with Gasteiger partial charge in [-0.1, -0.05) is 17.7 Å². The topological polar surface area (TPSA) is 70.3 Å². The van der Waals surface area contributed by atoms with Crippen LogP contribution in [0.3, 0.4) is 0 Å². The van der Waals surface area contributed by atoms with Gasteiger partial charge in [-0.25, -0.2) is 8.57 Å². The molecule has 0 saturated carbocycles. The number of nitrogens with zero attached hydrogens (tertiary/aromatic N) is 2. The Morgan fingerprint density at radius 2 is 2.05 bits per heavy atom. The van der Waals surface area contributed by atoms with E-state index in [0.29, 0.717) is 14.8 Å². The summed E-state index contributed by atoms with van der Waals surface area (Å²) in [5.74, 6) is -0.424. The summed E-state index contributed by atoms with van der Waals surface area (Å²) in [5.41, 5.74) is -0.147. The smallest absolute Gasteiger partial charge is 0.215 e. The second kappa shape index (κ2) is 6.88. The highest BCUT2D eigenvalue weighted by Gasteiger charge is 2.13. The average molecular weight is 351 g/mol. The fourth-order valence-electron chi connectivity index (χ4n) is 1.58. The first-order valence-electron chi connectivity index (χ1n) is 6.09. The van der Waals surface area contributed by atoms with Crippen LogP contribution in [-0.4, -0.2) is 16.2 Å². The van der Waals surface area contributed by atoms with Crippen molar-refractivity contribution in [3.05, 3.63) is 63.5 Å².